The maximum Gasteiger partial charge on any atom is 0.241 e. The summed E-state index contributed by atoms with van der Waals surface area (Å²) in [5.41, 5.74) is 6.96. The van der Waals surface area contributed by atoms with Gasteiger partial charge in [-0.25, -0.2) is 0 Å². The Balaban J connectivity index is 1.03. The van der Waals surface area contributed by atoms with Gasteiger partial charge in [0.1, 0.15) is 6.04 Å². The van der Waals surface area contributed by atoms with Crippen LogP contribution in [-0.4, -0.2) is 24.0 Å². The fraction of sp³-hybridized carbons (Fsp3) is 0.720. The van der Waals surface area contributed by atoms with Crippen molar-refractivity contribution < 1.29 is 19.3 Å². The predicted octanol–water partition coefficient (Wildman–Crippen LogP) is 3.82. The zero-order valence-corrected chi connectivity index (χ0v) is 18.1. The first-order valence-corrected chi connectivity index (χ1v) is 12.2. The van der Waals surface area contributed by atoms with Crippen molar-refractivity contribution >= 4 is 5.91 Å². The fourth-order valence-electron chi connectivity index (χ4n) is 7.28. The third-order valence-electron chi connectivity index (χ3n) is 8.82. The number of carbonyl (C=O) groups is 1. The molecule has 1 aromatic carbocycles. The summed E-state index contributed by atoms with van der Waals surface area (Å²) in [5, 5.41) is 3.05. The molecular weight excluding hydrogens is 392 g/mol. The molecule has 1 heterocycles. The monoisotopic (exact) mass is 426 g/mol. The smallest absolute Gasteiger partial charge is 0.241 e. The van der Waals surface area contributed by atoms with Crippen LogP contribution >= 0.6 is 0 Å². The zero-order valence-electron chi connectivity index (χ0n) is 18.1. The molecule has 168 valence electrons. The second-order valence-corrected chi connectivity index (χ2v) is 10.8. The molecule has 2 spiro atoms. The highest BCUT2D eigenvalue weighted by atomic mass is 17.3. The summed E-state index contributed by atoms with van der Waals surface area (Å²) in [6.07, 6.45) is 9.94. The molecule has 1 atom stereocenters. The van der Waals surface area contributed by atoms with Crippen LogP contribution in [0.4, 0.5) is 0 Å². The summed E-state index contributed by atoms with van der Waals surface area (Å²) in [5.74, 6) is 1.97. The van der Waals surface area contributed by atoms with Gasteiger partial charge in [-0.1, -0.05) is 30.3 Å². The molecule has 1 saturated heterocycles. The van der Waals surface area contributed by atoms with Gasteiger partial charge in [0.05, 0.1) is 0 Å². The maximum atomic E-state index is 12.5. The van der Waals surface area contributed by atoms with E-state index in [1.165, 1.54) is 32.1 Å². The molecule has 5 saturated carbocycles. The van der Waals surface area contributed by atoms with E-state index in [1.54, 1.807) is 0 Å². The van der Waals surface area contributed by atoms with E-state index in [-0.39, 0.29) is 5.91 Å². The number of amides is 1. The Labute approximate surface area is 184 Å². The van der Waals surface area contributed by atoms with E-state index in [4.69, 9.17) is 20.2 Å². The lowest BCUT2D eigenvalue weighted by atomic mass is 9.53. The van der Waals surface area contributed by atoms with Gasteiger partial charge in [-0.05, 0) is 68.3 Å². The minimum Gasteiger partial charge on any atom is -0.354 e. The maximum absolute atomic E-state index is 12.5. The van der Waals surface area contributed by atoms with Gasteiger partial charge in [-0.15, -0.1) is 0 Å². The summed E-state index contributed by atoms with van der Waals surface area (Å²) >= 11 is 0. The number of nitrogens with two attached hydrogens (primary N) is 1. The first-order chi connectivity index (χ1) is 15.1. The van der Waals surface area contributed by atoms with E-state index in [9.17, 15) is 4.79 Å². The van der Waals surface area contributed by atoms with Crippen molar-refractivity contribution in [3.63, 3.8) is 0 Å². The predicted molar refractivity (Wildman–Crippen MR) is 114 cm³/mol. The average Bonchev–Trinajstić information content (AvgIpc) is 3.16. The minimum atomic E-state index is -0.622. The number of carbonyl (C=O) groups excluding carboxylic acids is 1. The van der Waals surface area contributed by atoms with Gasteiger partial charge in [0.25, 0.3) is 0 Å². The molecule has 6 heteroatoms. The van der Waals surface area contributed by atoms with Gasteiger partial charge in [0.15, 0.2) is 0 Å². The third kappa shape index (κ3) is 3.43. The second kappa shape index (κ2) is 7.55. The first-order valence-electron chi connectivity index (χ1n) is 12.2. The van der Waals surface area contributed by atoms with Crippen LogP contribution in [-0.2, 0) is 19.3 Å². The molecule has 0 unspecified atom stereocenters. The van der Waals surface area contributed by atoms with Crippen molar-refractivity contribution in [3.8, 4) is 0 Å². The van der Waals surface area contributed by atoms with Gasteiger partial charge in [0.2, 0.25) is 17.5 Å². The molecule has 7 rings (SSSR count). The summed E-state index contributed by atoms with van der Waals surface area (Å²) in [4.78, 5) is 24.6. The van der Waals surface area contributed by atoms with Crippen molar-refractivity contribution in [1.29, 1.82) is 0 Å². The van der Waals surface area contributed by atoms with Gasteiger partial charge in [0, 0.05) is 31.2 Å². The van der Waals surface area contributed by atoms with Crippen LogP contribution in [0.5, 0.6) is 0 Å². The Morgan fingerprint density at radius 2 is 1.65 bits per heavy atom. The molecule has 6 fully saturated rings. The molecule has 1 aliphatic heterocycles. The van der Waals surface area contributed by atoms with E-state index in [0.717, 1.165) is 43.1 Å². The minimum absolute atomic E-state index is 0.115. The molecule has 6 nitrogen and oxygen atoms in total. The molecule has 0 aromatic heterocycles. The van der Waals surface area contributed by atoms with Gasteiger partial charge in [-0.2, -0.15) is 9.78 Å². The van der Waals surface area contributed by atoms with Crippen LogP contribution in [0.15, 0.2) is 30.3 Å². The highest BCUT2D eigenvalue weighted by molar-refractivity contribution is 5.82. The largest absolute Gasteiger partial charge is 0.354 e. The van der Waals surface area contributed by atoms with Crippen molar-refractivity contribution in [2.45, 2.75) is 75.4 Å². The van der Waals surface area contributed by atoms with Crippen LogP contribution in [0.3, 0.4) is 0 Å². The second-order valence-electron chi connectivity index (χ2n) is 10.8. The summed E-state index contributed by atoms with van der Waals surface area (Å²) in [7, 11) is 0. The quantitative estimate of drug-likeness (QED) is 0.715. The summed E-state index contributed by atoms with van der Waals surface area (Å²) in [6.45, 7) is 0.649. The Kier molecular flexibility index (Phi) is 4.91. The number of rotatable bonds is 4. The Morgan fingerprint density at radius 1 is 1.00 bits per heavy atom. The van der Waals surface area contributed by atoms with E-state index < -0.39 is 17.6 Å². The van der Waals surface area contributed by atoms with Gasteiger partial charge >= 0.3 is 0 Å². The summed E-state index contributed by atoms with van der Waals surface area (Å²) < 4.78 is 6.77. The third-order valence-corrected chi connectivity index (χ3v) is 8.82. The molecule has 5 aliphatic carbocycles. The number of hydrogen-bond acceptors (Lipinski definition) is 5. The number of benzene rings is 1. The van der Waals surface area contributed by atoms with Crippen LogP contribution in [0, 0.1) is 29.6 Å². The van der Waals surface area contributed by atoms with Crippen LogP contribution in [0.1, 0.15) is 69.4 Å². The van der Waals surface area contributed by atoms with E-state index >= 15 is 0 Å². The van der Waals surface area contributed by atoms with Crippen LogP contribution in [0.2, 0.25) is 0 Å². The standard InChI is InChI=1S/C25H34N2O4/c26-22(19-4-2-1-3-5-19)23(28)27-15-16-6-8-24(9-7-16)29-25(31-30-24)20-11-17-10-18(13-20)14-21(25)12-17/h1-5,16-18,20-22H,6-15,26H2,(H,27,28)/t16-,17?,18?,20?,21?,22-,24+,25-/m0/s1. The molecule has 1 aromatic rings. The number of hydrogen-bond donors (Lipinski definition) is 2. The Bertz CT molecular complexity index is 792. The van der Waals surface area contributed by atoms with Gasteiger partial charge in [-0.3, -0.25) is 4.79 Å². The fourth-order valence-corrected chi connectivity index (χ4v) is 7.28. The Morgan fingerprint density at radius 3 is 2.29 bits per heavy atom. The lowest BCUT2D eigenvalue weighted by Gasteiger charge is -2.57. The van der Waals surface area contributed by atoms with Crippen LogP contribution in [0.25, 0.3) is 0 Å². The molecule has 0 radical (unpaired) electrons. The average molecular weight is 427 g/mol. The van der Waals surface area contributed by atoms with Gasteiger partial charge < -0.3 is 15.8 Å². The van der Waals surface area contributed by atoms with Crippen LogP contribution < -0.4 is 11.1 Å². The molecule has 31 heavy (non-hydrogen) atoms. The lowest BCUT2D eigenvalue weighted by molar-refractivity contribution is -0.390. The highest BCUT2D eigenvalue weighted by Crippen LogP contribution is 2.63. The van der Waals surface area contributed by atoms with Crippen molar-refractivity contribution in [2.24, 2.45) is 35.3 Å². The topological polar surface area (TPSA) is 82.8 Å². The van der Waals surface area contributed by atoms with Crippen molar-refractivity contribution in [3.05, 3.63) is 35.9 Å². The van der Waals surface area contributed by atoms with E-state index in [0.29, 0.717) is 24.3 Å². The SMILES string of the molecule is N[C@H](C(=O)NC[C@H]1CC[C@]2(CC1)OO[C@]1(O2)C2CC3CC(C2)CC1C3)c1ccccc1. The normalized spacial score (nSPS) is 44.1. The first kappa shape index (κ1) is 20.2. The molecule has 1 amide bonds. The van der Waals surface area contributed by atoms with Crippen molar-refractivity contribution in [1.82, 2.24) is 5.32 Å². The van der Waals surface area contributed by atoms with Crippen molar-refractivity contribution in [2.75, 3.05) is 6.54 Å². The molecule has 3 N–H and O–H groups in total. The van der Waals surface area contributed by atoms with E-state index in [1.807, 2.05) is 30.3 Å². The molecular formula is C25H34N2O4. The molecule has 4 bridgehead atoms. The Hall–Kier alpha value is -1.47. The number of nitrogens with one attached hydrogen (secondary N) is 1. The number of ether oxygens (including phenoxy) is 1. The highest BCUT2D eigenvalue weighted by Gasteiger charge is 2.66. The van der Waals surface area contributed by atoms with E-state index in [2.05, 4.69) is 5.32 Å². The lowest BCUT2D eigenvalue weighted by Crippen LogP contribution is -2.59. The zero-order chi connectivity index (χ0) is 21.1. The summed E-state index contributed by atoms with van der Waals surface area (Å²) in [6, 6.07) is 8.90. The molecule has 6 aliphatic rings.